The normalized spacial score (nSPS) is 16.9. The van der Waals surface area contributed by atoms with Gasteiger partial charge >= 0.3 is 0 Å². The summed E-state index contributed by atoms with van der Waals surface area (Å²) < 4.78 is 0. The van der Waals surface area contributed by atoms with E-state index in [2.05, 4.69) is 46.3 Å². The molecule has 138 valence electrons. The zero-order valence-electron chi connectivity index (χ0n) is 15.5. The first-order valence-corrected chi connectivity index (χ1v) is 9.74. The standard InChI is InChI=1S/C24H26N2O/c27-24(21-6-2-1-3-7-21)22-11-15-26(16-12-22)18-19-5-4-8-23(17-19)20-9-13-25-14-10-20/h1-10,13-14,17,22,24,27H,11-12,15-16,18H2/t24-/m1/s1. The smallest absolute Gasteiger partial charge is 0.0819 e. The highest BCUT2D eigenvalue weighted by atomic mass is 16.3. The fourth-order valence-electron chi connectivity index (χ4n) is 4.00. The molecule has 1 aliphatic rings. The molecule has 0 unspecified atom stereocenters. The minimum atomic E-state index is -0.344. The van der Waals surface area contributed by atoms with Gasteiger partial charge in [-0.2, -0.15) is 0 Å². The van der Waals surface area contributed by atoms with Crippen LogP contribution in [0.15, 0.2) is 79.1 Å². The van der Waals surface area contributed by atoms with Crippen LogP contribution in [-0.2, 0) is 6.54 Å². The van der Waals surface area contributed by atoms with Gasteiger partial charge in [0.25, 0.3) is 0 Å². The molecule has 3 aromatic rings. The van der Waals surface area contributed by atoms with Crippen molar-refractivity contribution < 1.29 is 5.11 Å². The summed E-state index contributed by atoms with van der Waals surface area (Å²) in [6, 6.07) is 22.9. The minimum Gasteiger partial charge on any atom is -0.388 e. The van der Waals surface area contributed by atoms with Crippen LogP contribution in [0.3, 0.4) is 0 Å². The van der Waals surface area contributed by atoms with Gasteiger partial charge in [0.1, 0.15) is 0 Å². The monoisotopic (exact) mass is 358 g/mol. The Labute approximate surface area is 161 Å². The maximum Gasteiger partial charge on any atom is 0.0819 e. The number of piperidine rings is 1. The summed E-state index contributed by atoms with van der Waals surface area (Å²) in [5.41, 5.74) is 4.83. The Morgan fingerprint density at radius 2 is 1.63 bits per heavy atom. The van der Waals surface area contributed by atoms with Crippen LogP contribution in [0.25, 0.3) is 11.1 Å². The van der Waals surface area contributed by atoms with Crippen LogP contribution in [0.2, 0.25) is 0 Å². The lowest BCUT2D eigenvalue weighted by Crippen LogP contribution is -2.35. The predicted octanol–water partition coefficient (Wildman–Crippen LogP) is 4.69. The van der Waals surface area contributed by atoms with E-state index in [1.165, 1.54) is 16.7 Å². The van der Waals surface area contributed by atoms with Crippen LogP contribution in [0, 0.1) is 5.92 Å². The number of nitrogens with zero attached hydrogens (tertiary/aromatic N) is 2. The summed E-state index contributed by atoms with van der Waals surface area (Å²) in [4.78, 5) is 6.60. The van der Waals surface area contributed by atoms with Crippen molar-refractivity contribution in [1.82, 2.24) is 9.88 Å². The molecule has 2 aromatic carbocycles. The Balaban J connectivity index is 1.36. The van der Waals surface area contributed by atoms with Gasteiger partial charge in [0.15, 0.2) is 0 Å². The second-order valence-electron chi connectivity index (χ2n) is 7.41. The van der Waals surface area contributed by atoms with Gasteiger partial charge in [-0.1, -0.05) is 48.5 Å². The van der Waals surface area contributed by atoms with Gasteiger partial charge in [0.05, 0.1) is 6.10 Å². The van der Waals surface area contributed by atoms with Gasteiger partial charge in [-0.05, 0) is 72.3 Å². The molecule has 2 heterocycles. The zero-order valence-corrected chi connectivity index (χ0v) is 15.5. The first-order chi connectivity index (χ1) is 13.3. The maximum absolute atomic E-state index is 10.7. The van der Waals surface area contributed by atoms with Crippen molar-refractivity contribution in [3.63, 3.8) is 0 Å². The molecule has 4 rings (SSSR count). The number of pyridine rings is 1. The summed E-state index contributed by atoms with van der Waals surface area (Å²) in [7, 11) is 0. The molecular formula is C24H26N2O. The maximum atomic E-state index is 10.7. The topological polar surface area (TPSA) is 36.4 Å². The van der Waals surface area contributed by atoms with Crippen LogP contribution in [-0.4, -0.2) is 28.1 Å². The first-order valence-electron chi connectivity index (χ1n) is 9.74. The average Bonchev–Trinajstić information content (AvgIpc) is 2.75. The molecule has 1 atom stereocenters. The number of hydrogen-bond donors (Lipinski definition) is 1. The lowest BCUT2D eigenvalue weighted by molar-refractivity contribution is 0.0568. The van der Waals surface area contributed by atoms with Crippen molar-refractivity contribution >= 4 is 0 Å². The third kappa shape index (κ3) is 4.44. The van der Waals surface area contributed by atoms with Crippen molar-refractivity contribution in [2.75, 3.05) is 13.1 Å². The fraction of sp³-hybridized carbons (Fsp3) is 0.292. The van der Waals surface area contributed by atoms with Crippen LogP contribution < -0.4 is 0 Å². The van der Waals surface area contributed by atoms with E-state index in [4.69, 9.17) is 0 Å². The molecule has 0 spiro atoms. The Morgan fingerprint density at radius 1 is 0.889 bits per heavy atom. The molecule has 3 heteroatoms. The van der Waals surface area contributed by atoms with E-state index in [0.717, 1.165) is 38.0 Å². The van der Waals surface area contributed by atoms with E-state index in [1.54, 1.807) is 0 Å². The molecule has 3 nitrogen and oxygen atoms in total. The van der Waals surface area contributed by atoms with E-state index in [0.29, 0.717) is 5.92 Å². The zero-order chi connectivity index (χ0) is 18.5. The average molecular weight is 358 g/mol. The molecule has 0 bridgehead atoms. The fourth-order valence-corrected chi connectivity index (χ4v) is 4.00. The molecule has 27 heavy (non-hydrogen) atoms. The number of rotatable bonds is 5. The lowest BCUT2D eigenvalue weighted by atomic mass is 9.87. The van der Waals surface area contributed by atoms with Gasteiger partial charge < -0.3 is 5.11 Å². The second kappa shape index (κ2) is 8.47. The highest BCUT2D eigenvalue weighted by molar-refractivity contribution is 5.63. The summed E-state index contributed by atoms with van der Waals surface area (Å²) in [6.07, 6.45) is 5.42. The molecule has 1 N–H and O–H groups in total. The number of aliphatic hydroxyl groups is 1. The highest BCUT2D eigenvalue weighted by Gasteiger charge is 2.26. The Morgan fingerprint density at radius 3 is 2.37 bits per heavy atom. The molecule has 1 saturated heterocycles. The van der Waals surface area contributed by atoms with Crippen molar-refractivity contribution in [3.8, 4) is 11.1 Å². The van der Waals surface area contributed by atoms with E-state index in [1.807, 2.05) is 42.7 Å². The Bertz CT molecular complexity index is 843. The van der Waals surface area contributed by atoms with E-state index in [-0.39, 0.29) is 6.10 Å². The van der Waals surface area contributed by atoms with Gasteiger partial charge in [-0.25, -0.2) is 0 Å². The predicted molar refractivity (Wildman–Crippen MR) is 109 cm³/mol. The van der Waals surface area contributed by atoms with E-state index < -0.39 is 0 Å². The molecule has 0 aliphatic carbocycles. The number of aliphatic hydroxyl groups excluding tert-OH is 1. The van der Waals surface area contributed by atoms with Gasteiger partial charge in [0, 0.05) is 18.9 Å². The van der Waals surface area contributed by atoms with Gasteiger partial charge in [-0.3, -0.25) is 9.88 Å². The number of benzene rings is 2. The van der Waals surface area contributed by atoms with Gasteiger partial charge in [0.2, 0.25) is 0 Å². The molecule has 1 aliphatic heterocycles. The molecule has 1 fully saturated rings. The SMILES string of the molecule is O[C@H](c1ccccc1)C1CCN(Cc2cccc(-c3ccncc3)c2)CC1. The quantitative estimate of drug-likeness (QED) is 0.718. The molecule has 0 amide bonds. The third-order valence-electron chi connectivity index (χ3n) is 5.57. The van der Waals surface area contributed by atoms with E-state index >= 15 is 0 Å². The van der Waals surface area contributed by atoms with Crippen LogP contribution in [0.4, 0.5) is 0 Å². The number of hydrogen-bond acceptors (Lipinski definition) is 3. The molecular weight excluding hydrogens is 332 g/mol. The second-order valence-corrected chi connectivity index (χ2v) is 7.41. The summed E-state index contributed by atoms with van der Waals surface area (Å²) in [5.74, 6) is 0.354. The third-order valence-corrected chi connectivity index (χ3v) is 5.57. The molecule has 0 radical (unpaired) electrons. The van der Waals surface area contributed by atoms with Crippen LogP contribution >= 0.6 is 0 Å². The number of likely N-dealkylation sites (tertiary alicyclic amines) is 1. The highest BCUT2D eigenvalue weighted by Crippen LogP contribution is 2.31. The Hall–Kier alpha value is -2.49. The largest absolute Gasteiger partial charge is 0.388 e. The summed E-state index contributed by atoms with van der Waals surface area (Å²) >= 11 is 0. The van der Waals surface area contributed by atoms with Crippen molar-refractivity contribution in [3.05, 3.63) is 90.3 Å². The Kier molecular flexibility index (Phi) is 5.61. The van der Waals surface area contributed by atoms with E-state index in [9.17, 15) is 5.11 Å². The van der Waals surface area contributed by atoms with Crippen LogP contribution in [0.5, 0.6) is 0 Å². The van der Waals surface area contributed by atoms with Crippen molar-refractivity contribution in [2.45, 2.75) is 25.5 Å². The van der Waals surface area contributed by atoms with Gasteiger partial charge in [-0.15, -0.1) is 0 Å². The van der Waals surface area contributed by atoms with Crippen LogP contribution in [0.1, 0.15) is 30.1 Å². The number of aromatic nitrogens is 1. The van der Waals surface area contributed by atoms with Crippen molar-refractivity contribution in [1.29, 1.82) is 0 Å². The molecule has 0 saturated carbocycles. The summed E-state index contributed by atoms with van der Waals surface area (Å²) in [5, 5.41) is 10.7. The van der Waals surface area contributed by atoms with Crippen molar-refractivity contribution in [2.24, 2.45) is 5.92 Å². The first kappa shape index (κ1) is 17.9. The summed E-state index contributed by atoms with van der Waals surface area (Å²) in [6.45, 7) is 3.04. The molecule has 1 aromatic heterocycles. The lowest BCUT2D eigenvalue weighted by Gasteiger charge is -2.34. The minimum absolute atomic E-state index is 0.344.